The summed E-state index contributed by atoms with van der Waals surface area (Å²) in [5.74, 6) is 0. The molecule has 5 nitrogen and oxygen atoms in total. The minimum Gasteiger partial charge on any atom is -0.444 e. The summed E-state index contributed by atoms with van der Waals surface area (Å²) in [5, 5.41) is 4.24. The SMILES string of the molecule is Cc1cc(CN(C)C(=O)OC(C)(C)C)n(C)n1. The highest BCUT2D eigenvalue weighted by atomic mass is 16.6. The van der Waals surface area contributed by atoms with Crippen molar-refractivity contribution in [2.24, 2.45) is 7.05 Å². The summed E-state index contributed by atoms with van der Waals surface area (Å²) in [4.78, 5) is 13.3. The molecule has 0 unspecified atom stereocenters. The van der Waals surface area contributed by atoms with E-state index in [0.29, 0.717) is 6.54 Å². The van der Waals surface area contributed by atoms with Crippen LogP contribution in [0.2, 0.25) is 0 Å². The highest BCUT2D eigenvalue weighted by Crippen LogP contribution is 2.11. The highest BCUT2D eigenvalue weighted by Gasteiger charge is 2.20. The predicted molar refractivity (Wildman–Crippen MR) is 65.6 cm³/mol. The molecule has 0 aliphatic heterocycles. The molecule has 0 N–H and O–H groups in total. The van der Waals surface area contributed by atoms with Crippen LogP contribution in [-0.4, -0.2) is 33.4 Å². The van der Waals surface area contributed by atoms with Gasteiger partial charge in [-0.25, -0.2) is 4.79 Å². The second-order valence-corrected chi connectivity index (χ2v) is 5.24. The predicted octanol–water partition coefficient (Wildman–Crippen LogP) is 2.10. The Kier molecular flexibility index (Phi) is 3.80. The molecule has 5 heteroatoms. The summed E-state index contributed by atoms with van der Waals surface area (Å²) in [5.41, 5.74) is 1.46. The molecule has 1 amide bonds. The number of carbonyl (C=O) groups excluding carboxylic acids is 1. The Morgan fingerprint density at radius 1 is 1.53 bits per heavy atom. The number of carbonyl (C=O) groups is 1. The van der Waals surface area contributed by atoms with Crippen LogP contribution in [0.1, 0.15) is 32.2 Å². The Balaban J connectivity index is 2.63. The lowest BCUT2D eigenvalue weighted by Gasteiger charge is -2.24. The van der Waals surface area contributed by atoms with Crippen LogP contribution in [0.25, 0.3) is 0 Å². The first-order valence-corrected chi connectivity index (χ1v) is 5.62. The molecule has 1 heterocycles. The molecule has 1 aromatic rings. The maximum Gasteiger partial charge on any atom is 0.410 e. The molecule has 0 atom stereocenters. The molecule has 1 aromatic heterocycles. The monoisotopic (exact) mass is 239 g/mol. The van der Waals surface area contributed by atoms with Gasteiger partial charge in [0.05, 0.1) is 17.9 Å². The minimum absolute atomic E-state index is 0.323. The van der Waals surface area contributed by atoms with Crippen molar-refractivity contribution in [3.05, 3.63) is 17.5 Å². The van der Waals surface area contributed by atoms with Crippen LogP contribution in [0, 0.1) is 6.92 Å². The van der Waals surface area contributed by atoms with E-state index >= 15 is 0 Å². The van der Waals surface area contributed by atoms with Crippen molar-refractivity contribution in [3.8, 4) is 0 Å². The second-order valence-electron chi connectivity index (χ2n) is 5.24. The summed E-state index contributed by atoms with van der Waals surface area (Å²) >= 11 is 0. The van der Waals surface area contributed by atoms with E-state index in [4.69, 9.17) is 4.74 Å². The summed E-state index contributed by atoms with van der Waals surface area (Å²) in [6, 6.07) is 1.96. The first-order valence-electron chi connectivity index (χ1n) is 5.62. The Labute approximate surface area is 102 Å². The number of aromatic nitrogens is 2. The number of aryl methyl sites for hydroxylation is 2. The van der Waals surface area contributed by atoms with Gasteiger partial charge in [0.25, 0.3) is 0 Å². The minimum atomic E-state index is -0.465. The average Bonchev–Trinajstić information content (AvgIpc) is 2.42. The van der Waals surface area contributed by atoms with Gasteiger partial charge in [0, 0.05) is 14.1 Å². The Hall–Kier alpha value is -1.52. The zero-order valence-electron chi connectivity index (χ0n) is 11.4. The van der Waals surface area contributed by atoms with Crippen LogP contribution >= 0.6 is 0 Å². The molecular weight excluding hydrogens is 218 g/mol. The molecule has 0 fully saturated rings. The van der Waals surface area contributed by atoms with Crippen LogP contribution < -0.4 is 0 Å². The van der Waals surface area contributed by atoms with Crippen LogP contribution in [-0.2, 0) is 18.3 Å². The molecular formula is C12H21N3O2. The van der Waals surface area contributed by atoms with Crippen molar-refractivity contribution in [1.82, 2.24) is 14.7 Å². The van der Waals surface area contributed by atoms with E-state index in [0.717, 1.165) is 11.4 Å². The topological polar surface area (TPSA) is 47.4 Å². The van der Waals surface area contributed by atoms with Gasteiger partial charge in [0.15, 0.2) is 0 Å². The fourth-order valence-corrected chi connectivity index (χ4v) is 1.46. The molecule has 0 aliphatic carbocycles. The molecule has 96 valence electrons. The first-order chi connectivity index (χ1) is 7.69. The first kappa shape index (κ1) is 13.5. The second kappa shape index (κ2) is 4.77. The molecule has 0 saturated carbocycles. The van der Waals surface area contributed by atoms with Gasteiger partial charge in [-0.15, -0.1) is 0 Å². The van der Waals surface area contributed by atoms with E-state index in [1.165, 1.54) is 0 Å². The van der Waals surface area contributed by atoms with Gasteiger partial charge in [-0.1, -0.05) is 0 Å². The number of hydrogen-bond acceptors (Lipinski definition) is 3. The normalized spacial score (nSPS) is 11.4. The number of ether oxygens (including phenoxy) is 1. The Bertz CT molecular complexity index is 404. The maximum absolute atomic E-state index is 11.8. The smallest absolute Gasteiger partial charge is 0.410 e. The van der Waals surface area contributed by atoms with Crippen LogP contribution in [0.15, 0.2) is 6.07 Å². The summed E-state index contributed by atoms with van der Waals surface area (Å²) < 4.78 is 7.05. The van der Waals surface area contributed by atoms with Gasteiger partial charge in [0.1, 0.15) is 5.60 Å². The number of amides is 1. The number of nitrogens with zero attached hydrogens (tertiary/aromatic N) is 3. The lowest BCUT2D eigenvalue weighted by molar-refractivity contribution is 0.0281. The largest absolute Gasteiger partial charge is 0.444 e. The van der Waals surface area contributed by atoms with Gasteiger partial charge in [0.2, 0.25) is 0 Å². The van der Waals surface area contributed by atoms with E-state index in [1.54, 1.807) is 16.6 Å². The molecule has 1 rings (SSSR count). The van der Waals surface area contributed by atoms with E-state index in [1.807, 2.05) is 40.8 Å². The molecule has 0 aliphatic rings. The van der Waals surface area contributed by atoms with Crippen molar-refractivity contribution >= 4 is 6.09 Å². The van der Waals surface area contributed by atoms with Crippen molar-refractivity contribution in [2.75, 3.05) is 7.05 Å². The van der Waals surface area contributed by atoms with Crippen LogP contribution in [0.5, 0.6) is 0 Å². The van der Waals surface area contributed by atoms with E-state index < -0.39 is 5.60 Å². The Morgan fingerprint density at radius 3 is 2.53 bits per heavy atom. The van der Waals surface area contributed by atoms with Gasteiger partial charge < -0.3 is 9.64 Å². The molecule has 0 aromatic carbocycles. The number of rotatable bonds is 2. The van der Waals surface area contributed by atoms with Crippen molar-refractivity contribution < 1.29 is 9.53 Å². The van der Waals surface area contributed by atoms with E-state index in [-0.39, 0.29) is 6.09 Å². The Morgan fingerprint density at radius 2 is 2.12 bits per heavy atom. The zero-order valence-corrected chi connectivity index (χ0v) is 11.4. The van der Waals surface area contributed by atoms with Gasteiger partial charge >= 0.3 is 6.09 Å². The van der Waals surface area contributed by atoms with E-state index in [2.05, 4.69) is 5.10 Å². The standard InChI is InChI=1S/C12H21N3O2/c1-9-7-10(15(6)13-9)8-14(5)11(16)17-12(2,3)4/h7H,8H2,1-6H3. The molecule has 0 radical (unpaired) electrons. The third kappa shape index (κ3) is 4.09. The van der Waals surface area contributed by atoms with Crippen molar-refractivity contribution in [1.29, 1.82) is 0 Å². The van der Waals surface area contributed by atoms with Gasteiger partial charge in [-0.3, -0.25) is 4.68 Å². The van der Waals surface area contributed by atoms with Crippen LogP contribution in [0.3, 0.4) is 0 Å². The summed E-state index contributed by atoms with van der Waals surface area (Å²) in [6.07, 6.45) is -0.323. The maximum atomic E-state index is 11.8. The third-order valence-electron chi connectivity index (χ3n) is 2.20. The average molecular weight is 239 g/mol. The molecule has 0 spiro atoms. The van der Waals surface area contributed by atoms with Crippen molar-refractivity contribution in [3.63, 3.8) is 0 Å². The molecule has 0 bridgehead atoms. The van der Waals surface area contributed by atoms with Crippen molar-refractivity contribution in [2.45, 2.75) is 39.8 Å². The molecule has 17 heavy (non-hydrogen) atoms. The lowest BCUT2D eigenvalue weighted by atomic mass is 10.2. The van der Waals surface area contributed by atoms with Gasteiger partial charge in [-0.05, 0) is 33.8 Å². The van der Waals surface area contributed by atoms with E-state index in [9.17, 15) is 4.79 Å². The quantitative estimate of drug-likeness (QED) is 0.794. The number of hydrogen-bond donors (Lipinski definition) is 0. The highest BCUT2D eigenvalue weighted by molar-refractivity contribution is 5.67. The fourth-order valence-electron chi connectivity index (χ4n) is 1.46. The summed E-state index contributed by atoms with van der Waals surface area (Å²) in [6.45, 7) is 7.98. The summed E-state index contributed by atoms with van der Waals surface area (Å²) in [7, 11) is 3.58. The van der Waals surface area contributed by atoms with Crippen LogP contribution in [0.4, 0.5) is 4.79 Å². The zero-order chi connectivity index (χ0) is 13.2. The lowest BCUT2D eigenvalue weighted by Crippen LogP contribution is -2.34. The molecule has 0 saturated heterocycles. The van der Waals surface area contributed by atoms with Gasteiger partial charge in [-0.2, -0.15) is 5.10 Å². The third-order valence-corrected chi connectivity index (χ3v) is 2.20. The fraction of sp³-hybridized carbons (Fsp3) is 0.667.